The van der Waals surface area contributed by atoms with Crippen molar-refractivity contribution < 1.29 is 19.1 Å². The van der Waals surface area contributed by atoms with Crippen molar-refractivity contribution in [1.82, 2.24) is 10.2 Å². The van der Waals surface area contributed by atoms with Crippen LogP contribution in [0.2, 0.25) is 0 Å². The number of hydrogen-bond donors (Lipinski definition) is 1. The van der Waals surface area contributed by atoms with E-state index in [-0.39, 0.29) is 12.7 Å². The molecule has 0 atom stereocenters. The average molecular weight is 442 g/mol. The maximum absolute atomic E-state index is 12.8. The van der Waals surface area contributed by atoms with Crippen molar-refractivity contribution in [3.8, 4) is 0 Å². The standard InChI is InChI=1S/C25H35N3O4/c1-25(2,3)32-24(30)28(18-21-14-9-10-15-22(21)27(4)5)17-11-16-26-23(29)31-19-20-12-7-6-8-13-20/h6-10,12-15H,11,16-19H2,1-5H3,(H,26,29). The summed E-state index contributed by atoms with van der Waals surface area (Å²) in [6, 6.07) is 17.5. The van der Waals surface area contributed by atoms with Crippen LogP contribution in [-0.4, -0.2) is 49.9 Å². The van der Waals surface area contributed by atoms with Gasteiger partial charge in [-0.2, -0.15) is 0 Å². The van der Waals surface area contributed by atoms with E-state index in [1.807, 2.05) is 94.4 Å². The Kier molecular flexibility index (Phi) is 9.38. The van der Waals surface area contributed by atoms with Crippen LogP contribution in [0.3, 0.4) is 0 Å². The third-order valence-corrected chi connectivity index (χ3v) is 4.57. The van der Waals surface area contributed by atoms with Crippen molar-refractivity contribution in [2.24, 2.45) is 0 Å². The predicted octanol–water partition coefficient (Wildman–Crippen LogP) is 4.81. The predicted molar refractivity (Wildman–Crippen MR) is 127 cm³/mol. The molecule has 0 heterocycles. The molecule has 7 nitrogen and oxygen atoms in total. The van der Waals surface area contributed by atoms with E-state index < -0.39 is 11.7 Å². The normalized spacial score (nSPS) is 10.9. The minimum absolute atomic E-state index is 0.220. The van der Waals surface area contributed by atoms with Gasteiger partial charge in [0, 0.05) is 32.9 Å². The van der Waals surface area contributed by atoms with Crippen LogP contribution >= 0.6 is 0 Å². The third-order valence-electron chi connectivity index (χ3n) is 4.57. The minimum Gasteiger partial charge on any atom is -0.445 e. The summed E-state index contributed by atoms with van der Waals surface area (Å²) in [5.74, 6) is 0. The highest BCUT2D eigenvalue weighted by molar-refractivity contribution is 5.69. The molecule has 2 aromatic rings. The average Bonchev–Trinajstić information content (AvgIpc) is 2.74. The summed E-state index contributed by atoms with van der Waals surface area (Å²) in [5, 5.41) is 2.74. The first-order chi connectivity index (χ1) is 15.2. The molecule has 0 aliphatic heterocycles. The molecule has 174 valence electrons. The van der Waals surface area contributed by atoms with Gasteiger partial charge in [-0.25, -0.2) is 9.59 Å². The van der Waals surface area contributed by atoms with E-state index in [0.717, 1.165) is 16.8 Å². The van der Waals surface area contributed by atoms with E-state index in [9.17, 15) is 9.59 Å². The Morgan fingerprint density at radius 2 is 1.62 bits per heavy atom. The molecule has 2 rings (SSSR count). The zero-order valence-corrected chi connectivity index (χ0v) is 19.8. The van der Waals surface area contributed by atoms with Gasteiger partial charge in [-0.15, -0.1) is 0 Å². The number of anilines is 1. The summed E-state index contributed by atoms with van der Waals surface area (Å²) in [4.78, 5) is 28.5. The number of hydrogen-bond acceptors (Lipinski definition) is 5. The summed E-state index contributed by atoms with van der Waals surface area (Å²) < 4.78 is 10.8. The van der Waals surface area contributed by atoms with Crippen molar-refractivity contribution in [3.05, 3.63) is 65.7 Å². The Morgan fingerprint density at radius 1 is 0.969 bits per heavy atom. The second-order valence-corrected chi connectivity index (χ2v) is 8.77. The summed E-state index contributed by atoms with van der Waals surface area (Å²) in [6.45, 7) is 7.01. The summed E-state index contributed by atoms with van der Waals surface area (Å²) in [5.41, 5.74) is 2.41. The third kappa shape index (κ3) is 8.88. The number of carbonyl (C=O) groups excluding carboxylic acids is 2. The van der Waals surface area contributed by atoms with E-state index >= 15 is 0 Å². The topological polar surface area (TPSA) is 71.1 Å². The maximum atomic E-state index is 12.8. The van der Waals surface area contributed by atoms with Gasteiger partial charge in [-0.3, -0.25) is 0 Å². The SMILES string of the molecule is CN(C)c1ccccc1CN(CCCNC(=O)OCc1ccccc1)C(=O)OC(C)(C)C. The number of benzene rings is 2. The fourth-order valence-corrected chi connectivity index (χ4v) is 3.08. The molecular formula is C25H35N3O4. The van der Waals surface area contributed by atoms with Gasteiger partial charge < -0.3 is 24.6 Å². The van der Waals surface area contributed by atoms with Crippen LogP contribution < -0.4 is 10.2 Å². The molecule has 0 aliphatic rings. The molecule has 0 aromatic heterocycles. The number of alkyl carbamates (subject to hydrolysis) is 1. The van der Waals surface area contributed by atoms with Crippen LogP contribution in [0.25, 0.3) is 0 Å². The summed E-state index contributed by atoms with van der Waals surface area (Å²) in [7, 11) is 3.95. The van der Waals surface area contributed by atoms with Crippen molar-refractivity contribution in [1.29, 1.82) is 0 Å². The lowest BCUT2D eigenvalue weighted by Crippen LogP contribution is -2.38. The number of ether oxygens (including phenoxy) is 2. The van der Waals surface area contributed by atoms with E-state index in [0.29, 0.717) is 26.1 Å². The summed E-state index contributed by atoms with van der Waals surface area (Å²) >= 11 is 0. The Hall–Kier alpha value is -3.22. The number of rotatable bonds is 9. The fourth-order valence-electron chi connectivity index (χ4n) is 3.08. The largest absolute Gasteiger partial charge is 0.445 e. The van der Waals surface area contributed by atoms with Gasteiger partial charge in [0.2, 0.25) is 0 Å². The first kappa shape index (κ1) is 25.0. The summed E-state index contributed by atoms with van der Waals surface area (Å²) in [6.07, 6.45) is -0.280. The van der Waals surface area contributed by atoms with Crippen LogP contribution in [0.5, 0.6) is 0 Å². The molecule has 0 bridgehead atoms. The highest BCUT2D eigenvalue weighted by Crippen LogP contribution is 2.21. The highest BCUT2D eigenvalue weighted by Gasteiger charge is 2.23. The molecule has 0 saturated heterocycles. The van der Waals surface area contributed by atoms with E-state index in [2.05, 4.69) is 5.32 Å². The van der Waals surface area contributed by atoms with Crippen LogP contribution in [0.4, 0.5) is 15.3 Å². The molecule has 0 saturated carbocycles. The molecule has 0 unspecified atom stereocenters. The lowest BCUT2D eigenvalue weighted by molar-refractivity contribution is 0.0232. The molecule has 2 aromatic carbocycles. The van der Waals surface area contributed by atoms with Crippen LogP contribution in [0.1, 0.15) is 38.3 Å². The van der Waals surface area contributed by atoms with Crippen LogP contribution in [-0.2, 0) is 22.6 Å². The zero-order valence-electron chi connectivity index (χ0n) is 19.8. The number of amides is 2. The molecule has 7 heteroatoms. The van der Waals surface area contributed by atoms with Gasteiger partial charge in [0.25, 0.3) is 0 Å². The lowest BCUT2D eigenvalue weighted by atomic mass is 10.1. The smallest absolute Gasteiger partial charge is 0.410 e. The van der Waals surface area contributed by atoms with Gasteiger partial charge in [0.15, 0.2) is 0 Å². The van der Waals surface area contributed by atoms with E-state index in [4.69, 9.17) is 9.47 Å². The Morgan fingerprint density at radius 3 is 2.28 bits per heavy atom. The molecule has 1 N–H and O–H groups in total. The van der Waals surface area contributed by atoms with Crippen molar-refractivity contribution >= 4 is 17.9 Å². The quantitative estimate of drug-likeness (QED) is 0.566. The fraction of sp³-hybridized carbons (Fsp3) is 0.440. The Labute approximate surface area is 191 Å². The van der Waals surface area contributed by atoms with Gasteiger partial charge >= 0.3 is 12.2 Å². The highest BCUT2D eigenvalue weighted by atomic mass is 16.6. The van der Waals surface area contributed by atoms with Gasteiger partial charge in [0.05, 0.1) is 6.54 Å². The molecule has 0 radical (unpaired) electrons. The van der Waals surface area contributed by atoms with E-state index in [1.54, 1.807) is 4.90 Å². The molecule has 0 fully saturated rings. The van der Waals surface area contributed by atoms with Gasteiger partial charge in [0.1, 0.15) is 12.2 Å². The van der Waals surface area contributed by atoms with Crippen molar-refractivity contribution in [2.45, 2.75) is 45.9 Å². The van der Waals surface area contributed by atoms with Crippen LogP contribution in [0, 0.1) is 0 Å². The van der Waals surface area contributed by atoms with Gasteiger partial charge in [-0.1, -0.05) is 48.5 Å². The number of carbonyl (C=O) groups is 2. The second kappa shape index (κ2) is 12.0. The monoisotopic (exact) mass is 441 g/mol. The molecule has 0 aliphatic carbocycles. The number of nitrogens with zero attached hydrogens (tertiary/aromatic N) is 2. The first-order valence-corrected chi connectivity index (χ1v) is 10.8. The second-order valence-electron chi connectivity index (χ2n) is 8.77. The Balaban J connectivity index is 1.91. The number of para-hydroxylation sites is 1. The molecule has 32 heavy (non-hydrogen) atoms. The van der Waals surface area contributed by atoms with Crippen molar-refractivity contribution in [3.63, 3.8) is 0 Å². The molecular weight excluding hydrogens is 406 g/mol. The maximum Gasteiger partial charge on any atom is 0.410 e. The molecule has 2 amide bonds. The van der Waals surface area contributed by atoms with Crippen LogP contribution in [0.15, 0.2) is 54.6 Å². The van der Waals surface area contributed by atoms with E-state index in [1.165, 1.54) is 0 Å². The van der Waals surface area contributed by atoms with Crippen molar-refractivity contribution in [2.75, 3.05) is 32.1 Å². The molecule has 0 spiro atoms. The minimum atomic E-state index is -0.587. The van der Waals surface area contributed by atoms with Gasteiger partial charge in [-0.05, 0) is 44.4 Å². The first-order valence-electron chi connectivity index (χ1n) is 10.8. The lowest BCUT2D eigenvalue weighted by Gasteiger charge is -2.29. The Bertz CT molecular complexity index is 863. The zero-order chi connectivity index (χ0) is 23.6. The number of nitrogens with one attached hydrogen (secondary N) is 1.